The average Bonchev–Trinajstić information content (AvgIpc) is 4.13. The molecule has 0 unspecified atom stereocenters. The van der Waals surface area contributed by atoms with Crippen molar-refractivity contribution >= 4 is 52.7 Å². The highest BCUT2D eigenvalue weighted by molar-refractivity contribution is 6.08. The number of benzene rings is 2. The zero-order valence-electron chi connectivity index (χ0n) is 35.5. The standard InChI is InChI=1S/C31H33N3O11.C12H21NO3/c1-14-7-6-8-18-19(14)9-17(42-5)10-20(18)30(41)45-27(31(4)13-43-31)29(40)33-23(28(39)32-21(12-35)15(2)36)24-26(44-16(3)37)25(38)22-11-34(22)24;1-12(2,3)16-11(15)13-10-6-4-9(8-14)5-7-10/h6-10,12,22,25-27,35,38H,11,13H2,1-5H3,(H,32,39)(H,33,40);8-10H,4-7H2,1-3H3,(H,13,15)/b21-12-,24-23+;/t22-,25+,26+,27+,31-,34?;/m0./s1. The zero-order chi connectivity index (χ0) is 45.0. The van der Waals surface area contributed by atoms with Crippen LogP contribution < -0.4 is 20.7 Å². The number of epoxide rings is 1. The van der Waals surface area contributed by atoms with Gasteiger partial charge in [-0.05, 0) is 88.8 Å². The SMILES string of the molecule is CC(C)(C)OC(=O)NC1CCC(C=O)CC1.COc1cc(C(=O)O[C@H](C(=O)N/C(C(=O)N/C(=C\O)C(C)=O)=C2\[C@@H](OC(C)=O)[C@H](O)[C@@H]3CN23)[C@]2(C)CO2)c2cccc(C)c2c1. The fraction of sp³-hybridized carbons (Fsp3) is 0.512. The monoisotopic (exact) mass is 850 g/mol. The lowest BCUT2D eigenvalue weighted by molar-refractivity contribution is -0.148. The van der Waals surface area contributed by atoms with E-state index in [1.807, 2.05) is 33.8 Å². The number of piperidine rings is 1. The number of fused-ring (bicyclic) bond motifs is 2. The second kappa shape index (κ2) is 18.7. The molecule has 5 atom stereocenters. The molecule has 3 amide bonds. The van der Waals surface area contributed by atoms with E-state index in [0.717, 1.165) is 56.8 Å². The van der Waals surface area contributed by atoms with Crippen LogP contribution in [0, 0.1) is 12.8 Å². The third kappa shape index (κ3) is 11.2. The number of alkyl carbamates (subject to hydrolysis) is 1. The van der Waals surface area contributed by atoms with Crippen molar-refractivity contribution in [2.45, 2.75) is 116 Å². The van der Waals surface area contributed by atoms with Crippen molar-refractivity contribution < 1.29 is 67.5 Å². The van der Waals surface area contributed by atoms with E-state index < -0.39 is 76.5 Å². The molecule has 18 nitrogen and oxygen atoms in total. The number of carbonyl (C=O) groups is 7. The molecule has 4 aliphatic rings. The predicted octanol–water partition coefficient (Wildman–Crippen LogP) is 3.16. The van der Waals surface area contributed by atoms with Gasteiger partial charge in [0.2, 0.25) is 6.10 Å². The number of aldehydes is 1. The highest BCUT2D eigenvalue weighted by Crippen LogP contribution is 2.42. The number of allylic oxidation sites excluding steroid dienone is 1. The van der Waals surface area contributed by atoms with Crippen LogP contribution in [0.2, 0.25) is 0 Å². The summed E-state index contributed by atoms with van der Waals surface area (Å²) in [5, 5.41) is 29.1. The van der Waals surface area contributed by atoms with Crippen LogP contribution in [0.3, 0.4) is 0 Å². The van der Waals surface area contributed by atoms with Crippen LogP contribution in [0.25, 0.3) is 10.8 Å². The predicted molar refractivity (Wildman–Crippen MR) is 217 cm³/mol. The van der Waals surface area contributed by atoms with Gasteiger partial charge in [-0.15, -0.1) is 0 Å². The first kappa shape index (κ1) is 46.1. The number of rotatable bonds is 12. The number of Topliss-reactive ketones (excluding diaryl/α,β-unsaturated/α-hetero) is 1. The van der Waals surface area contributed by atoms with Gasteiger partial charge in [-0.25, -0.2) is 9.59 Å². The van der Waals surface area contributed by atoms with Crippen molar-refractivity contribution in [3.05, 3.63) is 64.8 Å². The van der Waals surface area contributed by atoms with Crippen LogP contribution in [0.5, 0.6) is 5.75 Å². The Kier molecular flexibility index (Phi) is 14.1. The molecule has 0 aromatic heterocycles. The Morgan fingerprint density at radius 1 is 1.02 bits per heavy atom. The van der Waals surface area contributed by atoms with Gasteiger partial charge in [-0.1, -0.05) is 18.2 Å². The molecule has 1 aliphatic carbocycles. The van der Waals surface area contributed by atoms with Crippen LogP contribution in [0.15, 0.2) is 53.7 Å². The average molecular weight is 851 g/mol. The minimum absolute atomic E-state index is 0.0319. The smallest absolute Gasteiger partial charge is 0.407 e. The summed E-state index contributed by atoms with van der Waals surface area (Å²) in [6.07, 6.45) is 0.378. The van der Waals surface area contributed by atoms with Crippen molar-refractivity contribution in [1.29, 1.82) is 0 Å². The van der Waals surface area contributed by atoms with Crippen LogP contribution >= 0.6 is 0 Å². The number of methoxy groups -OCH3 is 1. The molecule has 0 bridgehead atoms. The lowest BCUT2D eigenvalue weighted by atomic mass is 9.87. The molecule has 3 aliphatic heterocycles. The van der Waals surface area contributed by atoms with Gasteiger partial charge in [0.25, 0.3) is 11.8 Å². The van der Waals surface area contributed by atoms with Crippen LogP contribution in [-0.2, 0) is 42.9 Å². The number of amides is 3. The zero-order valence-corrected chi connectivity index (χ0v) is 35.5. The minimum atomic E-state index is -1.58. The molecule has 4 fully saturated rings. The summed E-state index contributed by atoms with van der Waals surface area (Å²) in [7, 11) is 1.46. The lowest BCUT2D eigenvalue weighted by Crippen LogP contribution is -2.49. The number of ether oxygens (including phenoxy) is 5. The molecule has 3 heterocycles. The van der Waals surface area contributed by atoms with Crippen molar-refractivity contribution in [2.75, 3.05) is 20.3 Å². The number of nitrogens with zero attached hydrogens (tertiary/aromatic N) is 1. The quantitative estimate of drug-likeness (QED) is 0.0514. The topological polar surface area (TPSA) is 248 Å². The first-order valence-corrected chi connectivity index (χ1v) is 19.9. The Morgan fingerprint density at radius 3 is 2.25 bits per heavy atom. The molecule has 1 saturated carbocycles. The van der Waals surface area contributed by atoms with Crippen LogP contribution in [-0.4, -0.2) is 119 Å². The molecule has 18 heteroatoms. The molecule has 3 saturated heterocycles. The Bertz CT molecular complexity index is 2130. The Labute approximate surface area is 352 Å². The number of aliphatic hydroxyl groups excluding tert-OH is 2. The number of aryl methyl sites for hydroxylation is 1. The maximum absolute atomic E-state index is 13.9. The van der Waals surface area contributed by atoms with Gasteiger partial charge in [-0.3, -0.25) is 19.2 Å². The van der Waals surface area contributed by atoms with Gasteiger partial charge in [0, 0.05) is 32.4 Å². The summed E-state index contributed by atoms with van der Waals surface area (Å²) < 4.78 is 27.1. The third-order valence-corrected chi connectivity index (χ3v) is 10.7. The van der Waals surface area contributed by atoms with E-state index in [0.29, 0.717) is 17.4 Å². The summed E-state index contributed by atoms with van der Waals surface area (Å²) in [6, 6.07) is 8.32. The number of carbonyl (C=O) groups excluding carboxylic acids is 7. The molecule has 0 spiro atoms. The summed E-state index contributed by atoms with van der Waals surface area (Å²) >= 11 is 0. The van der Waals surface area contributed by atoms with Crippen molar-refractivity contribution in [2.24, 2.45) is 5.92 Å². The van der Waals surface area contributed by atoms with E-state index in [1.165, 1.54) is 13.2 Å². The maximum Gasteiger partial charge on any atom is 0.407 e. The van der Waals surface area contributed by atoms with Crippen LogP contribution in [0.1, 0.15) is 83.1 Å². The Hall–Kier alpha value is -6.01. The van der Waals surface area contributed by atoms with Gasteiger partial charge < -0.3 is 59.5 Å². The van der Waals surface area contributed by atoms with E-state index in [1.54, 1.807) is 30.0 Å². The number of nitrogens with one attached hydrogen (secondary N) is 3. The Morgan fingerprint density at radius 2 is 1.69 bits per heavy atom. The van der Waals surface area contributed by atoms with E-state index in [4.69, 9.17) is 23.7 Å². The Balaban J connectivity index is 0.000000370. The first-order chi connectivity index (χ1) is 28.7. The third-order valence-electron chi connectivity index (χ3n) is 10.7. The fourth-order valence-corrected chi connectivity index (χ4v) is 7.23. The molecule has 0 radical (unpaired) electrons. The van der Waals surface area contributed by atoms with Gasteiger partial charge in [-0.2, -0.15) is 0 Å². The molecule has 6 rings (SSSR count). The van der Waals surface area contributed by atoms with Gasteiger partial charge in [0.05, 0.1) is 31.0 Å². The van der Waals surface area contributed by atoms with E-state index in [9.17, 15) is 43.8 Å². The normalized spacial score (nSPS) is 25.3. The highest BCUT2D eigenvalue weighted by atomic mass is 16.6. The second-order valence-electron chi connectivity index (χ2n) is 16.7. The molecule has 2 aromatic rings. The lowest BCUT2D eigenvalue weighted by Gasteiger charge is -2.27. The summed E-state index contributed by atoms with van der Waals surface area (Å²) in [5.74, 6) is -3.77. The number of hydrogen-bond acceptors (Lipinski definition) is 15. The number of aliphatic hydroxyl groups is 2. The van der Waals surface area contributed by atoms with E-state index in [-0.39, 0.29) is 42.5 Å². The van der Waals surface area contributed by atoms with Gasteiger partial charge in [0.1, 0.15) is 47.0 Å². The van der Waals surface area contributed by atoms with Gasteiger partial charge >= 0.3 is 18.0 Å². The summed E-state index contributed by atoms with van der Waals surface area (Å²) in [4.78, 5) is 88.5. The number of ketones is 1. The first-order valence-electron chi connectivity index (χ1n) is 19.9. The van der Waals surface area contributed by atoms with Crippen molar-refractivity contribution in [1.82, 2.24) is 20.9 Å². The highest BCUT2D eigenvalue weighted by Gasteiger charge is 2.59. The van der Waals surface area contributed by atoms with Crippen molar-refractivity contribution in [3.63, 3.8) is 0 Å². The molecule has 330 valence electrons. The van der Waals surface area contributed by atoms with E-state index in [2.05, 4.69) is 16.0 Å². The summed E-state index contributed by atoms with van der Waals surface area (Å²) in [6.45, 7) is 11.5. The maximum atomic E-state index is 13.9. The van der Waals surface area contributed by atoms with E-state index >= 15 is 0 Å². The van der Waals surface area contributed by atoms with Crippen molar-refractivity contribution in [3.8, 4) is 5.75 Å². The molecule has 61 heavy (non-hydrogen) atoms. The number of esters is 2. The molecule has 2 aromatic carbocycles. The molecular formula is C43H54N4O14. The fourth-order valence-electron chi connectivity index (χ4n) is 7.23. The number of hydrogen-bond donors (Lipinski definition) is 5. The van der Waals surface area contributed by atoms with Gasteiger partial charge in [0.15, 0.2) is 11.9 Å². The largest absolute Gasteiger partial charge is 0.513 e. The van der Waals surface area contributed by atoms with Crippen LogP contribution in [0.4, 0.5) is 4.79 Å². The molecular weight excluding hydrogens is 796 g/mol. The molecule has 5 N–H and O–H groups in total. The second-order valence-corrected chi connectivity index (χ2v) is 16.7. The minimum Gasteiger partial charge on any atom is -0.513 e. The summed E-state index contributed by atoms with van der Waals surface area (Å²) in [5.41, 5.74) is -1.70.